The number of hydrogen-bond donors (Lipinski definition) is 1. The minimum absolute atomic E-state index is 0.311. The van der Waals surface area contributed by atoms with Crippen LogP contribution in [0.25, 0.3) is 11.6 Å². The highest BCUT2D eigenvalue weighted by atomic mass is 19.1. The Morgan fingerprint density at radius 1 is 0.783 bits per heavy atom. The lowest BCUT2D eigenvalue weighted by Gasteiger charge is -2.16. The van der Waals surface area contributed by atoms with Gasteiger partial charge in [0.2, 0.25) is 0 Å². The first-order chi connectivity index (χ1) is 11.2. The highest BCUT2D eigenvalue weighted by Crippen LogP contribution is 2.31. The Balaban J connectivity index is 2.05. The van der Waals surface area contributed by atoms with E-state index in [1.54, 1.807) is 12.1 Å². The third-order valence-electron chi connectivity index (χ3n) is 3.71. The molecule has 0 aliphatic rings. The van der Waals surface area contributed by atoms with E-state index in [0.29, 0.717) is 5.56 Å². The van der Waals surface area contributed by atoms with E-state index in [1.807, 2.05) is 66.7 Å². The van der Waals surface area contributed by atoms with Gasteiger partial charge in [0.15, 0.2) is 0 Å². The molecule has 1 nitrogen and oxygen atoms in total. The quantitative estimate of drug-likeness (QED) is 0.665. The van der Waals surface area contributed by atoms with Gasteiger partial charge in [-0.3, -0.25) is 0 Å². The number of rotatable bonds is 4. The molecule has 1 unspecified atom stereocenters. The fourth-order valence-electron chi connectivity index (χ4n) is 2.50. The van der Waals surface area contributed by atoms with Gasteiger partial charge in [0.1, 0.15) is 11.9 Å². The first-order valence-corrected chi connectivity index (χ1v) is 7.49. The van der Waals surface area contributed by atoms with Crippen LogP contribution < -0.4 is 0 Å². The Morgan fingerprint density at radius 2 is 1.35 bits per heavy atom. The van der Waals surface area contributed by atoms with Crippen LogP contribution in [0.4, 0.5) is 4.39 Å². The van der Waals surface area contributed by atoms with E-state index in [-0.39, 0.29) is 5.82 Å². The molecule has 0 radical (unpaired) electrons. The van der Waals surface area contributed by atoms with Gasteiger partial charge in [0, 0.05) is 0 Å². The summed E-state index contributed by atoms with van der Waals surface area (Å²) in [7, 11) is 0. The normalized spacial score (nSPS) is 12.9. The molecule has 3 rings (SSSR count). The first-order valence-electron chi connectivity index (χ1n) is 7.49. The second kappa shape index (κ2) is 7.03. The molecule has 0 aromatic heterocycles. The lowest BCUT2D eigenvalue weighted by Crippen LogP contribution is -2.01. The standard InChI is InChI=1S/C21H17FO/c22-19-13-11-18(12-14-19)21(23)20(17-9-5-2-6-10-17)15-16-7-3-1-4-8-16/h1-15,21,23H. The van der Waals surface area contributed by atoms with Crippen LogP contribution in [0, 0.1) is 5.82 Å². The van der Waals surface area contributed by atoms with E-state index in [1.165, 1.54) is 12.1 Å². The third-order valence-corrected chi connectivity index (χ3v) is 3.71. The summed E-state index contributed by atoms with van der Waals surface area (Å²) in [5, 5.41) is 10.8. The van der Waals surface area contributed by atoms with Crippen LogP contribution in [-0.4, -0.2) is 5.11 Å². The van der Waals surface area contributed by atoms with Crippen molar-refractivity contribution in [3.05, 3.63) is 107 Å². The molecule has 0 spiro atoms. The fraction of sp³-hybridized carbons (Fsp3) is 0.0476. The summed E-state index contributed by atoms with van der Waals surface area (Å²) in [5.74, 6) is -0.311. The molecule has 0 aliphatic carbocycles. The summed E-state index contributed by atoms with van der Waals surface area (Å²) < 4.78 is 13.1. The molecular weight excluding hydrogens is 287 g/mol. The monoisotopic (exact) mass is 304 g/mol. The van der Waals surface area contributed by atoms with Gasteiger partial charge < -0.3 is 5.11 Å². The molecule has 3 aromatic carbocycles. The predicted molar refractivity (Wildman–Crippen MR) is 92.1 cm³/mol. The molecule has 0 amide bonds. The minimum atomic E-state index is -0.821. The molecule has 23 heavy (non-hydrogen) atoms. The molecule has 0 saturated heterocycles. The molecule has 1 N–H and O–H groups in total. The van der Waals surface area contributed by atoms with E-state index in [2.05, 4.69) is 0 Å². The molecule has 0 heterocycles. The zero-order valence-corrected chi connectivity index (χ0v) is 12.6. The minimum Gasteiger partial charge on any atom is -0.384 e. The van der Waals surface area contributed by atoms with Crippen molar-refractivity contribution >= 4 is 11.6 Å². The van der Waals surface area contributed by atoms with Gasteiger partial charge in [-0.2, -0.15) is 0 Å². The average molecular weight is 304 g/mol. The van der Waals surface area contributed by atoms with Crippen molar-refractivity contribution in [2.24, 2.45) is 0 Å². The maximum atomic E-state index is 13.1. The lowest BCUT2D eigenvalue weighted by molar-refractivity contribution is 0.239. The van der Waals surface area contributed by atoms with Crippen molar-refractivity contribution in [2.45, 2.75) is 6.10 Å². The average Bonchev–Trinajstić information content (AvgIpc) is 2.61. The van der Waals surface area contributed by atoms with E-state index in [0.717, 1.165) is 16.7 Å². The van der Waals surface area contributed by atoms with Gasteiger partial charge >= 0.3 is 0 Å². The van der Waals surface area contributed by atoms with Crippen LogP contribution in [0.3, 0.4) is 0 Å². The van der Waals surface area contributed by atoms with E-state index in [9.17, 15) is 9.50 Å². The van der Waals surface area contributed by atoms with E-state index >= 15 is 0 Å². The lowest BCUT2D eigenvalue weighted by atomic mass is 9.93. The predicted octanol–water partition coefficient (Wildman–Crippen LogP) is 5.10. The third kappa shape index (κ3) is 3.74. The van der Waals surface area contributed by atoms with E-state index in [4.69, 9.17) is 0 Å². The number of halogens is 1. The zero-order valence-electron chi connectivity index (χ0n) is 12.6. The first kappa shape index (κ1) is 15.2. The maximum Gasteiger partial charge on any atom is 0.123 e. The number of aliphatic hydroxyl groups is 1. The van der Waals surface area contributed by atoms with Gasteiger partial charge in [-0.25, -0.2) is 4.39 Å². The molecule has 0 saturated carbocycles. The van der Waals surface area contributed by atoms with Crippen molar-refractivity contribution in [1.82, 2.24) is 0 Å². The molecular formula is C21H17FO. The summed E-state index contributed by atoms with van der Waals surface area (Å²) in [6.45, 7) is 0. The number of aliphatic hydroxyl groups excluding tert-OH is 1. The summed E-state index contributed by atoms with van der Waals surface area (Å²) in [6, 6.07) is 25.5. The van der Waals surface area contributed by atoms with Crippen LogP contribution in [0.15, 0.2) is 84.9 Å². The van der Waals surface area contributed by atoms with Crippen LogP contribution in [0.1, 0.15) is 22.8 Å². The van der Waals surface area contributed by atoms with Crippen molar-refractivity contribution in [3.63, 3.8) is 0 Å². The van der Waals surface area contributed by atoms with Gasteiger partial charge in [0.05, 0.1) is 0 Å². The van der Waals surface area contributed by atoms with Crippen molar-refractivity contribution in [1.29, 1.82) is 0 Å². The fourth-order valence-corrected chi connectivity index (χ4v) is 2.50. The Bertz CT molecular complexity index is 777. The second-order valence-electron chi connectivity index (χ2n) is 5.33. The summed E-state index contributed by atoms with van der Waals surface area (Å²) in [6.07, 6.45) is 1.14. The Labute approximate surface area is 135 Å². The molecule has 0 bridgehead atoms. The van der Waals surface area contributed by atoms with Crippen LogP contribution in [-0.2, 0) is 0 Å². The summed E-state index contributed by atoms with van der Waals surface area (Å²) in [4.78, 5) is 0. The second-order valence-corrected chi connectivity index (χ2v) is 5.33. The summed E-state index contributed by atoms with van der Waals surface area (Å²) in [5.41, 5.74) is 3.39. The van der Waals surface area contributed by atoms with Crippen LogP contribution in [0.2, 0.25) is 0 Å². The van der Waals surface area contributed by atoms with Crippen molar-refractivity contribution < 1.29 is 9.50 Å². The SMILES string of the molecule is OC(C(=Cc1ccccc1)c1ccccc1)c1ccc(F)cc1. The topological polar surface area (TPSA) is 20.2 Å². The zero-order chi connectivity index (χ0) is 16.1. The van der Waals surface area contributed by atoms with Gasteiger partial charge in [-0.15, -0.1) is 0 Å². The largest absolute Gasteiger partial charge is 0.384 e. The smallest absolute Gasteiger partial charge is 0.123 e. The highest BCUT2D eigenvalue weighted by Gasteiger charge is 2.15. The highest BCUT2D eigenvalue weighted by molar-refractivity contribution is 5.84. The summed E-state index contributed by atoms with van der Waals surface area (Å²) >= 11 is 0. The Hall–Kier alpha value is -2.71. The number of benzene rings is 3. The van der Waals surface area contributed by atoms with Gasteiger partial charge in [-0.1, -0.05) is 72.8 Å². The molecule has 1 atom stereocenters. The van der Waals surface area contributed by atoms with Crippen molar-refractivity contribution in [3.8, 4) is 0 Å². The maximum absolute atomic E-state index is 13.1. The molecule has 3 aromatic rings. The Kier molecular flexibility index (Phi) is 4.65. The Morgan fingerprint density at radius 3 is 1.96 bits per heavy atom. The molecule has 0 fully saturated rings. The molecule has 114 valence electrons. The molecule has 2 heteroatoms. The van der Waals surface area contributed by atoms with Gasteiger partial charge in [0.25, 0.3) is 0 Å². The van der Waals surface area contributed by atoms with Crippen LogP contribution in [0.5, 0.6) is 0 Å². The van der Waals surface area contributed by atoms with Gasteiger partial charge in [-0.05, 0) is 40.5 Å². The number of hydrogen-bond acceptors (Lipinski definition) is 1. The van der Waals surface area contributed by atoms with Crippen LogP contribution >= 0.6 is 0 Å². The van der Waals surface area contributed by atoms with E-state index < -0.39 is 6.10 Å². The van der Waals surface area contributed by atoms with Crippen molar-refractivity contribution in [2.75, 3.05) is 0 Å². The molecule has 0 aliphatic heterocycles.